The first kappa shape index (κ1) is 19.1. The van der Waals surface area contributed by atoms with E-state index in [0.717, 1.165) is 34.4 Å². The van der Waals surface area contributed by atoms with Gasteiger partial charge in [-0.15, -0.1) is 18.2 Å². The minimum Gasteiger partial charge on any atom is -0.303 e. The number of aryl methyl sites for hydroxylation is 1. The molecule has 1 heterocycles. The molecule has 0 fully saturated rings. The number of hydrogen-bond donors (Lipinski definition) is 0. The lowest BCUT2D eigenvalue weighted by Crippen LogP contribution is -2.34. The van der Waals surface area contributed by atoms with Crippen LogP contribution in [0.15, 0.2) is 47.5 Å². The van der Waals surface area contributed by atoms with E-state index in [1.165, 1.54) is 11.1 Å². The van der Waals surface area contributed by atoms with Crippen LogP contribution in [0.25, 0.3) is 0 Å². The van der Waals surface area contributed by atoms with E-state index in [9.17, 15) is 4.79 Å². The number of carbonyl (C=O) groups is 1. The normalized spacial score (nSPS) is 15.6. The van der Waals surface area contributed by atoms with Gasteiger partial charge < -0.3 is 4.90 Å². The lowest BCUT2D eigenvalue weighted by atomic mass is 10.0. The van der Waals surface area contributed by atoms with Gasteiger partial charge in [0.15, 0.2) is 0 Å². The summed E-state index contributed by atoms with van der Waals surface area (Å²) in [6.45, 7) is 5.66. The van der Waals surface area contributed by atoms with Crippen LogP contribution in [0.1, 0.15) is 48.3 Å². The Labute approximate surface area is 168 Å². The number of halogens is 2. The van der Waals surface area contributed by atoms with Gasteiger partial charge in [-0.3, -0.25) is 9.78 Å². The van der Waals surface area contributed by atoms with Crippen molar-refractivity contribution in [3.05, 3.63) is 70.0 Å². The summed E-state index contributed by atoms with van der Waals surface area (Å²) in [5, 5.41) is 0. The molecule has 0 aliphatic heterocycles. The first-order valence-corrected chi connectivity index (χ1v) is 10.2. The number of nitrogens with zero attached hydrogens (tertiary/aromatic N) is 2. The minimum atomic E-state index is 0.0274. The highest BCUT2D eigenvalue weighted by molar-refractivity contribution is 9.10. The fourth-order valence-electron chi connectivity index (χ4n) is 3.60. The van der Waals surface area contributed by atoms with Gasteiger partial charge in [-0.25, -0.2) is 0 Å². The van der Waals surface area contributed by atoms with Crippen molar-refractivity contribution in [3.8, 4) is 0 Å². The molecule has 0 spiro atoms. The Hall–Kier alpha value is -1.65. The Bertz CT molecular complexity index is 837. The van der Waals surface area contributed by atoms with Gasteiger partial charge in [-0.2, -0.15) is 0 Å². The van der Waals surface area contributed by atoms with E-state index in [2.05, 4.69) is 39.6 Å². The molecular formula is C21H22BrClN2O. The Morgan fingerprint density at radius 1 is 1.42 bits per heavy atom. The van der Waals surface area contributed by atoms with Crippen molar-refractivity contribution in [2.75, 3.05) is 4.90 Å². The predicted octanol–water partition coefficient (Wildman–Crippen LogP) is 5.74. The lowest BCUT2D eigenvalue weighted by Gasteiger charge is -2.31. The maximum Gasteiger partial charge on any atom is 0.227 e. The minimum absolute atomic E-state index is 0.0274. The molecule has 1 amide bonds. The molecule has 0 unspecified atom stereocenters. The number of aromatic nitrogens is 1. The lowest BCUT2D eigenvalue weighted by molar-refractivity contribution is -0.118. The number of pyridine rings is 1. The predicted molar refractivity (Wildman–Crippen MR) is 111 cm³/mol. The van der Waals surface area contributed by atoms with Gasteiger partial charge in [0.1, 0.15) is 0 Å². The summed E-state index contributed by atoms with van der Waals surface area (Å²) in [4.78, 5) is 19.4. The van der Waals surface area contributed by atoms with Crippen LogP contribution in [0.4, 0.5) is 5.69 Å². The highest BCUT2D eigenvalue weighted by Gasteiger charge is 2.33. The fraction of sp³-hybridized carbons (Fsp3) is 0.333. The first-order chi connectivity index (χ1) is 12.6. The molecule has 1 aromatic heterocycles. The van der Waals surface area contributed by atoms with Crippen LogP contribution in [0.3, 0.4) is 0 Å². The molecule has 0 bridgehead atoms. The summed E-state index contributed by atoms with van der Waals surface area (Å²) in [5.74, 6) is 0.365. The Morgan fingerprint density at radius 3 is 2.92 bits per heavy atom. The monoisotopic (exact) mass is 432 g/mol. The Balaban J connectivity index is 2.06. The SMILES string of the molecule is C=CCc1ccc(N(C(=O)CC)[C@H]2CCc3cc(Br)ccc32)c(CCl)n1. The van der Waals surface area contributed by atoms with Crippen molar-refractivity contribution in [1.29, 1.82) is 0 Å². The largest absolute Gasteiger partial charge is 0.303 e. The van der Waals surface area contributed by atoms with Gasteiger partial charge in [-0.1, -0.05) is 35.0 Å². The zero-order valence-electron chi connectivity index (χ0n) is 14.8. The van der Waals surface area contributed by atoms with E-state index < -0.39 is 0 Å². The quantitative estimate of drug-likeness (QED) is 0.430. The second kappa shape index (κ2) is 8.36. The van der Waals surface area contributed by atoms with Crippen LogP contribution in [-0.4, -0.2) is 10.9 Å². The number of allylic oxidation sites excluding steroid dienone is 1. The molecule has 1 aliphatic rings. The molecule has 2 aromatic rings. The number of benzene rings is 1. The first-order valence-electron chi connectivity index (χ1n) is 8.85. The molecule has 26 heavy (non-hydrogen) atoms. The van der Waals surface area contributed by atoms with E-state index in [1.807, 2.05) is 36.1 Å². The smallest absolute Gasteiger partial charge is 0.227 e. The summed E-state index contributed by atoms with van der Waals surface area (Å²) in [6, 6.07) is 10.3. The number of hydrogen-bond acceptors (Lipinski definition) is 2. The van der Waals surface area contributed by atoms with Gasteiger partial charge in [-0.05, 0) is 48.2 Å². The number of rotatable bonds is 6. The third-order valence-electron chi connectivity index (χ3n) is 4.78. The van der Waals surface area contributed by atoms with Gasteiger partial charge in [0.25, 0.3) is 0 Å². The molecule has 3 nitrogen and oxygen atoms in total. The number of fused-ring (bicyclic) bond motifs is 1. The maximum absolute atomic E-state index is 12.9. The summed E-state index contributed by atoms with van der Waals surface area (Å²) >= 11 is 9.73. The second-order valence-electron chi connectivity index (χ2n) is 6.41. The Morgan fingerprint density at radius 2 is 2.23 bits per heavy atom. The molecule has 1 aromatic carbocycles. The molecule has 1 atom stereocenters. The second-order valence-corrected chi connectivity index (χ2v) is 7.59. The zero-order valence-corrected chi connectivity index (χ0v) is 17.2. The van der Waals surface area contributed by atoms with E-state index >= 15 is 0 Å². The summed E-state index contributed by atoms with van der Waals surface area (Å²) < 4.78 is 1.07. The molecule has 0 saturated carbocycles. The fourth-order valence-corrected chi connectivity index (χ4v) is 4.20. The topological polar surface area (TPSA) is 33.2 Å². The van der Waals surface area contributed by atoms with Crippen LogP contribution in [0.5, 0.6) is 0 Å². The average molecular weight is 434 g/mol. The van der Waals surface area contributed by atoms with Crippen molar-refractivity contribution in [2.24, 2.45) is 0 Å². The third-order valence-corrected chi connectivity index (χ3v) is 5.53. The molecule has 3 rings (SSSR count). The van der Waals surface area contributed by atoms with Crippen LogP contribution < -0.4 is 4.90 Å². The van der Waals surface area contributed by atoms with Crippen LogP contribution in [-0.2, 0) is 23.5 Å². The van der Waals surface area contributed by atoms with Crippen LogP contribution >= 0.6 is 27.5 Å². The average Bonchev–Trinajstić information content (AvgIpc) is 3.05. The standard InChI is InChI=1S/C21H22BrClN2O/c1-3-5-16-8-11-20(18(13-23)24-16)25(21(26)4-2)19-10-6-14-12-15(22)7-9-17(14)19/h3,7-9,11-12,19H,1,4-6,10,13H2,2H3/t19-/m0/s1. The van der Waals surface area contributed by atoms with Crippen molar-refractivity contribution in [3.63, 3.8) is 0 Å². The van der Waals surface area contributed by atoms with E-state index in [-0.39, 0.29) is 17.8 Å². The molecule has 0 radical (unpaired) electrons. The van der Waals surface area contributed by atoms with Crippen molar-refractivity contribution in [1.82, 2.24) is 4.98 Å². The van der Waals surface area contributed by atoms with Gasteiger partial charge in [0.2, 0.25) is 5.91 Å². The van der Waals surface area contributed by atoms with E-state index in [0.29, 0.717) is 12.8 Å². The van der Waals surface area contributed by atoms with Crippen LogP contribution in [0, 0.1) is 0 Å². The van der Waals surface area contributed by atoms with E-state index in [1.54, 1.807) is 0 Å². The molecule has 0 N–H and O–H groups in total. The van der Waals surface area contributed by atoms with Crippen LogP contribution in [0.2, 0.25) is 0 Å². The molecule has 136 valence electrons. The van der Waals surface area contributed by atoms with Crippen molar-refractivity contribution < 1.29 is 4.79 Å². The summed E-state index contributed by atoms with van der Waals surface area (Å²) in [7, 11) is 0. The van der Waals surface area contributed by atoms with E-state index in [4.69, 9.17) is 11.6 Å². The molecular weight excluding hydrogens is 412 g/mol. The molecule has 0 saturated heterocycles. The highest BCUT2D eigenvalue weighted by Crippen LogP contribution is 2.40. The molecule has 1 aliphatic carbocycles. The number of alkyl halides is 1. The maximum atomic E-state index is 12.9. The highest BCUT2D eigenvalue weighted by atomic mass is 79.9. The van der Waals surface area contributed by atoms with Gasteiger partial charge in [0, 0.05) is 23.0 Å². The Kier molecular flexibility index (Phi) is 6.15. The number of amides is 1. The number of carbonyl (C=O) groups excluding carboxylic acids is 1. The summed E-state index contributed by atoms with van der Waals surface area (Å²) in [6.07, 6.45) is 4.82. The zero-order chi connectivity index (χ0) is 18.7. The van der Waals surface area contributed by atoms with Gasteiger partial charge >= 0.3 is 0 Å². The summed E-state index contributed by atoms with van der Waals surface area (Å²) in [5.41, 5.74) is 4.99. The number of anilines is 1. The van der Waals surface area contributed by atoms with Crippen molar-refractivity contribution in [2.45, 2.75) is 44.5 Å². The third kappa shape index (κ3) is 3.72. The van der Waals surface area contributed by atoms with Crippen molar-refractivity contribution >= 4 is 39.1 Å². The molecule has 5 heteroatoms. The van der Waals surface area contributed by atoms with Gasteiger partial charge in [0.05, 0.1) is 23.3 Å².